The van der Waals surface area contributed by atoms with Gasteiger partial charge in [0.1, 0.15) is 6.10 Å². The van der Waals surface area contributed by atoms with Crippen molar-refractivity contribution in [2.24, 2.45) is 5.73 Å². The van der Waals surface area contributed by atoms with Crippen molar-refractivity contribution in [1.29, 1.82) is 0 Å². The molecule has 5 heteroatoms. The maximum absolute atomic E-state index is 5.86. The molecule has 1 rings (SSSR count). The second-order valence-electron chi connectivity index (χ2n) is 3.48. The molecule has 1 heterocycles. The standard InChI is InChI=1S/C10H19N3O2/c1-4-6-8(11)10-12-9(13-15-10)7(3)14-5-2/h7-8H,4-6,11H2,1-3H3/t7?,8-/m0/s1. The fourth-order valence-corrected chi connectivity index (χ4v) is 1.32. The van der Waals surface area contributed by atoms with Crippen LogP contribution in [0.15, 0.2) is 4.52 Å². The third-order valence-corrected chi connectivity index (χ3v) is 2.15. The molecule has 2 N–H and O–H groups in total. The van der Waals surface area contributed by atoms with Gasteiger partial charge in [-0.15, -0.1) is 0 Å². The summed E-state index contributed by atoms with van der Waals surface area (Å²) >= 11 is 0. The molecule has 1 aromatic rings. The summed E-state index contributed by atoms with van der Waals surface area (Å²) in [6, 6.07) is -0.162. The van der Waals surface area contributed by atoms with E-state index in [1.165, 1.54) is 0 Å². The maximum atomic E-state index is 5.86. The van der Waals surface area contributed by atoms with Crippen molar-refractivity contribution >= 4 is 0 Å². The van der Waals surface area contributed by atoms with E-state index >= 15 is 0 Å². The summed E-state index contributed by atoms with van der Waals surface area (Å²) in [4.78, 5) is 4.22. The number of hydrogen-bond acceptors (Lipinski definition) is 5. The molecule has 0 spiro atoms. The van der Waals surface area contributed by atoms with Crippen molar-refractivity contribution in [2.75, 3.05) is 6.61 Å². The van der Waals surface area contributed by atoms with E-state index in [1.807, 2.05) is 13.8 Å². The van der Waals surface area contributed by atoms with Crippen LogP contribution >= 0.6 is 0 Å². The lowest BCUT2D eigenvalue weighted by molar-refractivity contribution is 0.0683. The fraction of sp³-hybridized carbons (Fsp3) is 0.800. The molecule has 0 aliphatic heterocycles. The summed E-state index contributed by atoms with van der Waals surface area (Å²) < 4.78 is 10.4. The minimum atomic E-state index is -0.162. The highest BCUT2D eigenvalue weighted by Gasteiger charge is 2.17. The molecule has 0 aliphatic rings. The average Bonchev–Trinajstić information content (AvgIpc) is 2.67. The van der Waals surface area contributed by atoms with Crippen LogP contribution < -0.4 is 5.73 Å². The molecular weight excluding hydrogens is 194 g/mol. The summed E-state index contributed by atoms with van der Waals surface area (Å²) in [6.07, 6.45) is 1.71. The first kappa shape index (κ1) is 12.1. The molecule has 2 atom stereocenters. The van der Waals surface area contributed by atoms with Crippen molar-refractivity contribution in [3.63, 3.8) is 0 Å². The van der Waals surface area contributed by atoms with E-state index in [0.717, 1.165) is 12.8 Å². The van der Waals surface area contributed by atoms with Crippen LogP contribution in [0, 0.1) is 0 Å². The minimum Gasteiger partial charge on any atom is -0.371 e. The second kappa shape index (κ2) is 5.82. The Morgan fingerprint density at radius 3 is 2.80 bits per heavy atom. The molecular formula is C10H19N3O2. The summed E-state index contributed by atoms with van der Waals surface area (Å²) in [5.41, 5.74) is 5.86. The van der Waals surface area contributed by atoms with Crippen molar-refractivity contribution in [3.05, 3.63) is 11.7 Å². The third-order valence-electron chi connectivity index (χ3n) is 2.15. The molecule has 0 saturated carbocycles. The van der Waals surface area contributed by atoms with Crippen molar-refractivity contribution in [1.82, 2.24) is 10.1 Å². The Hall–Kier alpha value is -0.940. The summed E-state index contributed by atoms with van der Waals surface area (Å²) in [5.74, 6) is 1.07. The van der Waals surface area contributed by atoms with Gasteiger partial charge in [0.05, 0.1) is 6.04 Å². The Morgan fingerprint density at radius 1 is 1.47 bits per heavy atom. The third kappa shape index (κ3) is 3.28. The van der Waals surface area contributed by atoms with Crippen LogP contribution in [-0.4, -0.2) is 16.7 Å². The van der Waals surface area contributed by atoms with Gasteiger partial charge in [-0.05, 0) is 20.3 Å². The predicted molar refractivity (Wildman–Crippen MR) is 56.2 cm³/mol. The monoisotopic (exact) mass is 213 g/mol. The highest BCUT2D eigenvalue weighted by Crippen LogP contribution is 2.17. The van der Waals surface area contributed by atoms with Crippen molar-refractivity contribution < 1.29 is 9.26 Å². The molecule has 0 aromatic carbocycles. The first-order chi connectivity index (χ1) is 7.19. The molecule has 0 bridgehead atoms. The van der Waals surface area contributed by atoms with E-state index in [2.05, 4.69) is 17.1 Å². The number of hydrogen-bond donors (Lipinski definition) is 1. The zero-order valence-electron chi connectivity index (χ0n) is 9.56. The van der Waals surface area contributed by atoms with E-state index in [0.29, 0.717) is 18.3 Å². The van der Waals surface area contributed by atoms with Crippen LogP contribution in [0.25, 0.3) is 0 Å². The number of rotatable bonds is 6. The van der Waals surface area contributed by atoms with Crippen molar-refractivity contribution in [2.45, 2.75) is 45.8 Å². The molecule has 86 valence electrons. The van der Waals surface area contributed by atoms with Crippen LogP contribution in [0.3, 0.4) is 0 Å². The Balaban J connectivity index is 2.62. The van der Waals surface area contributed by atoms with Gasteiger partial charge in [0, 0.05) is 6.61 Å². The maximum Gasteiger partial charge on any atom is 0.243 e. The smallest absolute Gasteiger partial charge is 0.243 e. The van der Waals surface area contributed by atoms with E-state index in [9.17, 15) is 0 Å². The first-order valence-electron chi connectivity index (χ1n) is 5.39. The van der Waals surface area contributed by atoms with E-state index in [-0.39, 0.29) is 12.1 Å². The van der Waals surface area contributed by atoms with Crippen LogP contribution in [-0.2, 0) is 4.74 Å². The molecule has 1 aromatic heterocycles. The second-order valence-corrected chi connectivity index (χ2v) is 3.48. The lowest BCUT2D eigenvalue weighted by Crippen LogP contribution is -2.10. The van der Waals surface area contributed by atoms with Gasteiger partial charge in [0.2, 0.25) is 5.89 Å². The van der Waals surface area contributed by atoms with Gasteiger partial charge in [-0.3, -0.25) is 0 Å². The average molecular weight is 213 g/mol. The zero-order valence-corrected chi connectivity index (χ0v) is 9.56. The summed E-state index contributed by atoms with van der Waals surface area (Å²) in [6.45, 7) is 6.52. The molecule has 5 nitrogen and oxygen atoms in total. The number of ether oxygens (including phenoxy) is 1. The van der Waals surface area contributed by atoms with Gasteiger partial charge in [0.25, 0.3) is 0 Å². The summed E-state index contributed by atoms with van der Waals surface area (Å²) in [7, 11) is 0. The molecule has 0 amide bonds. The molecule has 15 heavy (non-hydrogen) atoms. The Labute approximate surface area is 90.0 Å². The Kier molecular flexibility index (Phi) is 4.71. The normalized spacial score (nSPS) is 15.2. The minimum absolute atomic E-state index is 0.138. The summed E-state index contributed by atoms with van der Waals surface area (Å²) in [5, 5.41) is 3.85. The number of nitrogens with two attached hydrogens (primary N) is 1. The molecule has 1 unspecified atom stereocenters. The molecule has 0 fully saturated rings. The van der Waals surface area contributed by atoms with Gasteiger partial charge in [-0.2, -0.15) is 4.98 Å². The predicted octanol–water partition coefficient (Wildman–Crippen LogP) is 1.97. The largest absolute Gasteiger partial charge is 0.371 e. The van der Waals surface area contributed by atoms with Gasteiger partial charge >= 0.3 is 0 Å². The topological polar surface area (TPSA) is 74.2 Å². The SMILES string of the molecule is CCC[C@H](N)c1nc(C(C)OCC)no1. The van der Waals surface area contributed by atoms with E-state index in [1.54, 1.807) is 0 Å². The van der Waals surface area contributed by atoms with Gasteiger partial charge in [-0.1, -0.05) is 18.5 Å². The zero-order chi connectivity index (χ0) is 11.3. The van der Waals surface area contributed by atoms with Crippen LogP contribution in [0.4, 0.5) is 0 Å². The van der Waals surface area contributed by atoms with Gasteiger partial charge in [-0.25, -0.2) is 0 Å². The number of aromatic nitrogens is 2. The van der Waals surface area contributed by atoms with Gasteiger partial charge < -0.3 is 15.0 Å². The molecule has 0 saturated heterocycles. The fourth-order valence-electron chi connectivity index (χ4n) is 1.32. The van der Waals surface area contributed by atoms with Crippen LogP contribution in [0.2, 0.25) is 0 Å². The number of nitrogens with zero attached hydrogens (tertiary/aromatic N) is 2. The highest BCUT2D eigenvalue weighted by atomic mass is 16.5. The first-order valence-corrected chi connectivity index (χ1v) is 5.39. The Morgan fingerprint density at radius 2 is 2.20 bits per heavy atom. The molecule has 0 aliphatic carbocycles. The van der Waals surface area contributed by atoms with Crippen molar-refractivity contribution in [3.8, 4) is 0 Å². The Bertz CT molecular complexity index is 261. The highest BCUT2D eigenvalue weighted by molar-refractivity contribution is 4.93. The van der Waals surface area contributed by atoms with Crippen LogP contribution in [0.5, 0.6) is 0 Å². The lowest BCUT2D eigenvalue weighted by Gasteiger charge is -2.05. The van der Waals surface area contributed by atoms with E-state index in [4.69, 9.17) is 15.0 Å². The molecule has 0 radical (unpaired) electrons. The van der Waals surface area contributed by atoms with E-state index < -0.39 is 0 Å². The van der Waals surface area contributed by atoms with Gasteiger partial charge in [0.15, 0.2) is 5.82 Å². The lowest BCUT2D eigenvalue weighted by atomic mass is 10.2. The van der Waals surface area contributed by atoms with Crippen LogP contribution in [0.1, 0.15) is 57.5 Å². The quantitative estimate of drug-likeness (QED) is 0.782.